The Morgan fingerprint density at radius 2 is 2.04 bits per heavy atom. The number of benzene rings is 1. The van der Waals surface area contributed by atoms with Crippen molar-refractivity contribution in [2.75, 3.05) is 31.6 Å². The molecule has 0 spiro atoms. The van der Waals surface area contributed by atoms with Gasteiger partial charge in [0.1, 0.15) is 28.7 Å². The number of halogens is 2. The average Bonchev–Trinajstić information content (AvgIpc) is 3.76. The second-order valence-electron chi connectivity index (χ2n) is 14.4. The molecular weight excluding hydrogens is 732 g/mol. The number of anilines is 1. The normalized spacial score (nSPS) is 24.1. The first kappa shape index (κ1) is 33.1. The standard InChI is InChI=1S/C35H41FIN5O6/c1-18(23-12-7-13-40(23)5)47-32-26(37)30(42(34(45)48-35(2,3)4)29-20-15-24(29)41(17-20)33(43)44)22-16-38-27(25(36)28(22)39-32)21-11-6-9-19-10-8-14-46-31(19)21/h6,9,11,16,18,20,23-24,29H,7-8,10,12-15,17H2,1-5H3,(H,43,44)/t18-,20+,23?,24+,29-/m0/s1. The molecule has 1 N–H and O–H groups in total. The molecule has 1 saturated carbocycles. The van der Waals surface area contributed by atoms with Crippen molar-refractivity contribution in [3.05, 3.63) is 39.3 Å². The molecule has 5 aliphatic rings. The maximum absolute atomic E-state index is 17.0. The fourth-order valence-electron chi connectivity index (χ4n) is 7.86. The number of para-hydroxylation sites is 1. The highest BCUT2D eigenvalue weighted by atomic mass is 127. The minimum atomic E-state index is -1.03. The number of rotatable bonds is 6. The predicted octanol–water partition coefficient (Wildman–Crippen LogP) is 6.72. The summed E-state index contributed by atoms with van der Waals surface area (Å²) in [6, 6.07) is 4.85. The Balaban J connectivity index is 1.43. The quantitative estimate of drug-likeness (QED) is 0.273. The fourth-order valence-corrected chi connectivity index (χ4v) is 8.65. The number of aryl methyl sites for hydroxylation is 1. The first-order chi connectivity index (χ1) is 22.8. The van der Waals surface area contributed by atoms with E-state index < -0.39 is 35.7 Å². The van der Waals surface area contributed by atoms with Crippen LogP contribution in [-0.4, -0.2) is 93.6 Å². The van der Waals surface area contributed by atoms with Crippen molar-refractivity contribution in [3.63, 3.8) is 0 Å². The number of likely N-dealkylation sites (tertiary alicyclic amines) is 1. The van der Waals surface area contributed by atoms with Gasteiger partial charge in [-0.25, -0.2) is 19.0 Å². The van der Waals surface area contributed by atoms with E-state index in [0.29, 0.717) is 45.5 Å². The van der Waals surface area contributed by atoms with Crippen LogP contribution in [-0.2, 0) is 11.2 Å². The van der Waals surface area contributed by atoms with Gasteiger partial charge >= 0.3 is 12.2 Å². The predicted molar refractivity (Wildman–Crippen MR) is 186 cm³/mol. The fraction of sp³-hybridized carbons (Fsp3) is 0.543. The van der Waals surface area contributed by atoms with E-state index in [2.05, 4.69) is 39.5 Å². The molecule has 4 fully saturated rings. The highest BCUT2D eigenvalue weighted by Gasteiger charge is 2.59. The van der Waals surface area contributed by atoms with Crippen molar-refractivity contribution in [1.82, 2.24) is 19.8 Å². The van der Waals surface area contributed by atoms with Crippen molar-refractivity contribution in [2.45, 2.75) is 89.6 Å². The highest BCUT2D eigenvalue weighted by molar-refractivity contribution is 14.1. The number of ether oxygens (including phenoxy) is 3. The van der Waals surface area contributed by atoms with Crippen LogP contribution in [0.25, 0.3) is 22.2 Å². The Bertz CT molecular complexity index is 1780. The van der Waals surface area contributed by atoms with E-state index in [1.807, 2.05) is 19.1 Å². The summed E-state index contributed by atoms with van der Waals surface area (Å²) in [4.78, 5) is 41.0. The molecule has 2 aromatic heterocycles. The molecule has 1 aromatic carbocycles. The molecule has 11 nitrogen and oxygen atoms in total. The van der Waals surface area contributed by atoms with Crippen molar-refractivity contribution < 1.29 is 33.3 Å². The van der Waals surface area contributed by atoms with E-state index >= 15 is 4.39 Å². The van der Waals surface area contributed by atoms with E-state index in [0.717, 1.165) is 37.8 Å². The van der Waals surface area contributed by atoms with Crippen LogP contribution in [0.4, 0.5) is 19.7 Å². The molecule has 3 aromatic rings. The molecule has 48 heavy (non-hydrogen) atoms. The van der Waals surface area contributed by atoms with Crippen molar-refractivity contribution in [1.29, 1.82) is 0 Å². The Kier molecular flexibility index (Phi) is 8.58. The van der Waals surface area contributed by atoms with E-state index in [1.54, 1.807) is 33.0 Å². The largest absolute Gasteiger partial charge is 0.493 e. The first-order valence-electron chi connectivity index (χ1n) is 16.7. The summed E-state index contributed by atoms with van der Waals surface area (Å²) in [5.41, 5.74) is 1.14. The third-order valence-electron chi connectivity index (χ3n) is 10.1. The summed E-state index contributed by atoms with van der Waals surface area (Å²) >= 11 is 2.11. The van der Waals surface area contributed by atoms with Crippen LogP contribution in [0.1, 0.15) is 58.9 Å². The van der Waals surface area contributed by atoms with Gasteiger partial charge in [-0.2, -0.15) is 0 Å². The number of carbonyl (C=O) groups excluding carboxylic acids is 1. The van der Waals surface area contributed by atoms with Gasteiger partial charge in [-0.1, -0.05) is 12.1 Å². The maximum Gasteiger partial charge on any atom is 0.415 e. The van der Waals surface area contributed by atoms with Crippen molar-refractivity contribution in [3.8, 4) is 22.9 Å². The molecule has 0 radical (unpaired) electrons. The number of carbonyl (C=O) groups is 2. The number of hydrogen-bond donors (Lipinski definition) is 1. The van der Waals surface area contributed by atoms with Crippen LogP contribution in [0, 0.1) is 15.3 Å². The van der Waals surface area contributed by atoms with Crippen LogP contribution < -0.4 is 14.4 Å². The summed E-state index contributed by atoms with van der Waals surface area (Å²) in [7, 11) is 2.06. The first-order valence-corrected chi connectivity index (χ1v) is 17.7. The number of amides is 2. The van der Waals surface area contributed by atoms with E-state index in [4.69, 9.17) is 19.2 Å². The lowest BCUT2D eigenvalue weighted by atomic mass is 9.78. The van der Waals surface area contributed by atoms with Crippen LogP contribution in [0.2, 0.25) is 0 Å². The molecule has 2 amide bonds. The zero-order valence-electron chi connectivity index (χ0n) is 27.8. The van der Waals surface area contributed by atoms with Crippen LogP contribution in [0.5, 0.6) is 11.6 Å². The van der Waals surface area contributed by atoms with Gasteiger partial charge in [0.05, 0.1) is 27.9 Å². The minimum Gasteiger partial charge on any atom is -0.493 e. The lowest BCUT2D eigenvalue weighted by Crippen LogP contribution is -2.58. The van der Waals surface area contributed by atoms with Gasteiger partial charge in [0, 0.05) is 35.7 Å². The zero-order chi connectivity index (χ0) is 34.1. The number of fused-ring (bicyclic) bond motifs is 3. The van der Waals surface area contributed by atoms with Crippen LogP contribution >= 0.6 is 22.6 Å². The number of carboxylic acid groups (broad SMARTS) is 1. The Morgan fingerprint density at radius 3 is 2.73 bits per heavy atom. The van der Waals surface area contributed by atoms with E-state index in [1.165, 1.54) is 9.80 Å². The zero-order valence-corrected chi connectivity index (χ0v) is 30.0. The van der Waals surface area contributed by atoms with E-state index in [-0.39, 0.29) is 35.2 Å². The van der Waals surface area contributed by atoms with Gasteiger partial charge in [0.2, 0.25) is 5.88 Å². The molecule has 13 heteroatoms. The lowest BCUT2D eigenvalue weighted by molar-refractivity contribution is 0.0517. The number of nitrogens with zero attached hydrogens (tertiary/aromatic N) is 5. The lowest BCUT2D eigenvalue weighted by Gasteiger charge is -2.44. The second kappa shape index (κ2) is 12.5. The molecule has 256 valence electrons. The summed E-state index contributed by atoms with van der Waals surface area (Å²) in [6.07, 6.45) is 3.92. The Labute approximate surface area is 292 Å². The van der Waals surface area contributed by atoms with Crippen molar-refractivity contribution >= 4 is 51.4 Å². The van der Waals surface area contributed by atoms with E-state index in [9.17, 15) is 14.7 Å². The smallest absolute Gasteiger partial charge is 0.415 e. The molecule has 1 unspecified atom stereocenters. The summed E-state index contributed by atoms with van der Waals surface area (Å²) in [5.74, 6) is 0.0441. The SMILES string of the molecule is C[C@H](Oc1nc2c(F)c(-c3cccc4c3OCCC4)ncc2c(N(C(=O)OC(C)(C)C)[C@H]2[C@@H]3C[C@H]2N(C(=O)O)C3)c1I)C1CCCN1C. The van der Waals surface area contributed by atoms with Crippen LogP contribution in [0.3, 0.4) is 0 Å². The van der Waals surface area contributed by atoms with Gasteiger partial charge < -0.3 is 24.2 Å². The summed E-state index contributed by atoms with van der Waals surface area (Å²) in [6.45, 7) is 9.11. The topological polar surface area (TPSA) is 118 Å². The van der Waals surface area contributed by atoms with Gasteiger partial charge in [0.15, 0.2) is 5.82 Å². The minimum absolute atomic E-state index is 0.00104. The number of aromatic nitrogens is 2. The molecule has 6 heterocycles. The van der Waals surface area contributed by atoms with Gasteiger partial charge in [-0.05, 0) is 108 Å². The number of pyridine rings is 2. The third-order valence-corrected chi connectivity index (χ3v) is 11.1. The number of hydrogen-bond acceptors (Lipinski definition) is 8. The Hall–Kier alpha value is -3.46. The molecule has 3 saturated heterocycles. The summed E-state index contributed by atoms with van der Waals surface area (Å²) in [5, 5.41) is 10.3. The molecule has 5 atom stereocenters. The number of likely N-dealkylation sites (N-methyl/N-ethyl adjacent to an activating group) is 1. The van der Waals surface area contributed by atoms with Crippen molar-refractivity contribution in [2.24, 2.45) is 5.92 Å². The second-order valence-corrected chi connectivity index (χ2v) is 15.4. The molecule has 2 bridgehead atoms. The van der Waals surface area contributed by atoms with Crippen LogP contribution in [0.15, 0.2) is 24.4 Å². The monoisotopic (exact) mass is 773 g/mol. The van der Waals surface area contributed by atoms with Gasteiger partial charge in [0.25, 0.3) is 0 Å². The van der Waals surface area contributed by atoms with Gasteiger partial charge in [-0.3, -0.25) is 14.8 Å². The molecule has 8 rings (SSSR count). The Morgan fingerprint density at radius 1 is 1.25 bits per heavy atom. The van der Waals surface area contributed by atoms with Gasteiger partial charge in [-0.15, -0.1) is 0 Å². The average molecular weight is 774 g/mol. The third kappa shape index (κ3) is 5.69. The maximum atomic E-state index is 17.0. The highest BCUT2D eigenvalue weighted by Crippen LogP contribution is 2.50. The molecular formula is C35H41FIN5O6. The molecule has 1 aliphatic carbocycles. The summed E-state index contributed by atoms with van der Waals surface area (Å²) < 4.78 is 36.1. The molecule has 4 aliphatic heterocycles.